The number of amides is 1. The molecule has 0 spiro atoms. The van der Waals surface area contributed by atoms with Crippen molar-refractivity contribution in [1.29, 1.82) is 0 Å². The van der Waals surface area contributed by atoms with Crippen LogP contribution in [0.2, 0.25) is 0 Å². The van der Waals surface area contributed by atoms with Gasteiger partial charge in [-0.05, 0) is 49.4 Å². The molecule has 1 aliphatic carbocycles. The van der Waals surface area contributed by atoms with E-state index in [1.807, 2.05) is 28.4 Å². The molecule has 3 aliphatic rings. The summed E-state index contributed by atoms with van der Waals surface area (Å²) in [5.41, 5.74) is 2.11. The average Bonchev–Trinajstić information content (AvgIpc) is 3.46. The third kappa shape index (κ3) is 3.60. The molecule has 1 amide bonds. The maximum absolute atomic E-state index is 13.1. The fourth-order valence-corrected chi connectivity index (χ4v) is 6.24. The molecule has 0 radical (unpaired) electrons. The summed E-state index contributed by atoms with van der Waals surface area (Å²) in [6.07, 6.45) is 4.78. The van der Waals surface area contributed by atoms with Gasteiger partial charge >= 0.3 is 0 Å². The zero-order valence-electron chi connectivity index (χ0n) is 19.1. The molecule has 8 heteroatoms. The number of carbonyl (C=O) groups excluding carboxylic acids is 1. The van der Waals surface area contributed by atoms with Crippen LogP contribution in [0.5, 0.6) is 11.5 Å². The molecule has 7 nitrogen and oxygen atoms in total. The van der Waals surface area contributed by atoms with E-state index in [1.54, 1.807) is 6.07 Å². The Morgan fingerprint density at radius 2 is 1.82 bits per heavy atom. The molecule has 33 heavy (non-hydrogen) atoms. The Balaban J connectivity index is 1.26. The molecule has 1 fully saturated rings. The fourth-order valence-electron chi connectivity index (χ4n) is 4.97. The summed E-state index contributed by atoms with van der Waals surface area (Å²) in [4.78, 5) is 30.1. The van der Waals surface area contributed by atoms with E-state index in [2.05, 4.69) is 18.7 Å². The van der Waals surface area contributed by atoms with Crippen LogP contribution in [0, 0.1) is 0 Å². The van der Waals surface area contributed by atoms with Gasteiger partial charge in [0.25, 0.3) is 5.91 Å². The zero-order chi connectivity index (χ0) is 22.5. The van der Waals surface area contributed by atoms with Gasteiger partial charge in [-0.2, -0.15) is 0 Å². The van der Waals surface area contributed by atoms with Crippen molar-refractivity contribution in [2.24, 2.45) is 0 Å². The van der Waals surface area contributed by atoms with E-state index in [1.165, 1.54) is 28.7 Å². The highest BCUT2D eigenvalue weighted by Crippen LogP contribution is 2.40. The van der Waals surface area contributed by atoms with Crippen LogP contribution in [-0.4, -0.2) is 53.7 Å². The van der Waals surface area contributed by atoms with Crippen LogP contribution in [0.1, 0.15) is 59.2 Å². The van der Waals surface area contributed by atoms with Gasteiger partial charge in [-0.15, -0.1) is 11.3 Å². The molecule has 1 saturated heterocycles. The molecule has 0 unspecified atom stereocenters. The van der Waals surface area contributed by atoms with Crippen molar-refractivity contribution in [2.75, 3.05) is 37.9 Å². The predicted octanol–water partition coefficient (Wildman–Crippen LogP) is 4.38. The van der Waals surface area contributed by atoms with Gasteiger partial charge in [-0.25, -0.2) is 9.97 Å². The molecule has 0 bridgehead atoms. The number of anilines is 1. The molecule has 2 aromatic heterocycles. The smallest absolute Gasteiger partial charge is 0.254 e. The topological polar surface area (TPSA) is 67.8 Å². The number of hydrogen-bond acceptors (Lipinski definition) is 7. The number of aromatic nitrogens is 2. The molecule has 0 N–H and O–H groups in total. The monoisotopic (exact) mass is 464 g/mol. The van der Waals surface area contributed by atoms with Gasteiger partial charge in [0.15, 0.2) is 11.5 Å². The molecule has 1 aromatic carbocycles. The molecule has 0 atom stereocenters. The van der Waals surface area contributed by atoms with E-state index in [4.69, 9.17) is 19.4 Å². The van der Waals surface area contributed by atoms with Crippen molar-refractivity contribution in [1.82, 2.24) is 14.9 Å². The zero-order valence-corrected chi connectivity index (χ0v) is 19.9. The van der Waals surface area contributed by atoms with E-state index in [0.717, 1.165) is 42.4 Å². The number of aryl methyl sites for hydroxylation is 2. The highest BCUT2D eigenvalue weighted by Gasteiger charge is 2.28. The minimum Gasteiger partial charge on any atom is -0.454 e. The number of rotatable bonds is 3. The number of fused-ring (bicyclic) bond motifs is 4. The van der Waals surface area contributed by atoms with Gasteiger partial charge in [-0.3, -0.25) is 4.79 Å². The van der Waals surface area contributed by atoms with Crippen LogP contribution in [0.3, 0.4) is 0 Å². The van der Waals surface area contributed by atoms with Crippen molar-refractivity contribution in [3.05, 3.63) is 40.0 Å². The van der Waals surface area contributed by atoms with E-state index < -0.39 is 0 Å². The van der Waals surface area contributed by atoms with E-state index in [0.29, 0.717) is 30.2 Å². The largest absolute Gasteiger partial charge is 0.454 e. The molecule has 4 heterocycles. The number of thiophene rings is 1. The lowest BCUT2D eigenvalue weighted by molar-refractivity contribution is 0.0746. The third-order valence-electron chi connectivity index (χ3n) is 6.82. The Bertz CT molecular complexity index is 1230. The number of ether oxygens (including phenoxy) is 2. The first-order valence-corrected chi connectivity index (χ1v) is 12.7. The van der Waals surface area contributed by atoms with Crippen LogP contribution >= 0.6 is 11.3 Å². The minimum absolute atomic E-state index is 0.0385. The lowest BCUT2D eigenvalue weighted by atomic mass is 9.96. The Labute approximate surface area is 197 Å². The van der Waals surface area contributed by atoms with Crippen molar-refractivity contribution < 1.29 is 14.3 Å². The number of hydrogen-bond donors (Lipinski definition) is 0. The number of carbonyl (C=O) groups is 1. The van der Waals surface area contributed by atoms with Crippen molar-refractivity contribution in [3.8, 4) is 11.5 Å². The summed E-state index contributed by atoms with van der Waals surface area (Å²) in [6.45, 7) is 7.39. The first-order valence-electron chi connectivity index (χ1n) is 11.8. The van der Waals surface area contributed by atoms with E-state index >= 15 is 0 Å². The SMILES string of the molecule is CC(C)c1nc(N2CCN(C(=O)c3ccc4c(c3)OCO4)CC2)c2c3c(sc2n1)CCCC3. The normalized spacial score (nSPS) is 17.7. The molecular formula is C25H28N4O3S. The molecule has 2 aliphatic heterocycles. The highest BCUT2D eigenvalue weighted by molar-refractivity contribution is 7.19. The fraction of sp³-hybridized carbons (Fsp3) is 0.480. The minimum atomic E-state index is 0.0385. The summed E-state index contributed by atoms with van der Waals surface area (Å²) >= 11 is 1.86. The van der Waals surface area contributed by atoms with Gasteiger partial charge in [0.1, 0.15) is 16.5 Å². The molecular weight excluding hydrogens is 436 g/mol. The van der Waals surface area contributed by atoms with Crippen LogP contribution in [0.15, 0.2) is 18.2 Å². The van der Waals surface area contributed by atoms with E-state index in [-0.39, 0.29) is 18.6 Å². The van der Waals surface area contributed by atoms with Crippen molar-refractivity contribution in [2.45, 2.75) is 45.4 Å². The number of benzene rings is 1. The summed E-state index contributed by atoms with van der Waals surface area (Å²) in [7, 11) is 0. The molecule has 3 aromatic rings. The van der Waals surface area contributed by atoms with Crippen LogP contribution in [0.4, 0.5) is 5.82 Å². The molecule has 0 saturated carbocycles. The van der Waals surface area contributed by atoms with Crippen LogP contribution in [-0.2, 0) is 12.8 Å². The van der Waals surface area contributed by atoms with Gasteiger partial charge in [0, 0.05) is 42.5 Å². The van der Waals surface area contributed by atoms with Gasteiger partial charge in [0.05, 0.1) is 5.39 Å². The maximum atomic E-state index is 13.1. The molecule has 6 rings (SSSR count). The van der Waals surface area contributed by atoms with Gasteiger partial charge in [0.2, 0.25) is 6.79 Å². The van der Waals surface area contributed by atoms with E-state index in [9.17, 15) is 4.79 Å². The lowest BCUT2D eigenvalue weighted by Crippen LogP contribution is -2.49. The second kappa shape index (κ2) is 8.17. The predicted molar refractivity (Wildman–Crippen MR) is 129 cm³/mol. The molecule has 172 valence electrons. The Morgan fingerprint density at radius 3 is 2.64 bits per heavy atom. The maximum Gasteiger partial charge on any atom is 0.254 e. The van der Waals surface area contributed by atoms with Crippen LogP contribution in [0.25, 0.3) is 10.2 Å². The average molecular weight is 465 g/mol. The number of nitrogens with zero attached hydrogens (tertiary/aromatic N) is 4. The van der Waals surface area contributed by atoms with Gasteiger partial charge < -0.3 is 19.3 Å². The number of piperazine rings is 1. The first-order chi connectivity index (χ1) is 16.1. The quantitative estimate of drug-likeness (QED) is 0.573. The lowest BCUT2D eigenvalue weighted by Gasteiger charge is -2.36. The Hall–Kier alpha value is -2.87. The summed E-state index contributed by atoms with van der Waals surface area (Å²) in [5, 5.41) is 1.26. The Morgan fingerprint density at radius 1 is 1.03 bits per heavy atom. The summed E-state index contributed by atoms with van der Waals surface area (Å²) < 4.78 is 10.8. The van der Waals surface area contributed by atoms with Crippen LogP contribution < -0.4 is 14.4 Å². The first kappa shape index (κ1) is 20.7. The summed E-state index contributed by atoms with van der Waals surface area (Å²) in [5.74, 6) is 3.64. The van der Waals surface area contributed by atoms with Gasteiger partial charge in [-0.1, -0.05) is 13.8 Å². The second-order valence-electron chi connectivity index (χ2n) is 9.30. The third-order valence-corrected chi connectivity index (χ3v) is 8.00. The Kier molecular flexibility index (Phi) is 5.13. The highest BCUT2D eigenvalue weighted by atomic mass is 32.1. The standard InChI is InChI=1S/C25H28N4O3S/c1-15(2)22-26-23(21-17-5-3-4-6-20(17)33-24(21)27-22)28-9-11-29(12-10-28)25(30)16-7-8-18-19(13-16)32-14-31-18/h7-8,13,15H,3-6,9-12,14H2,1-2H3. The van der Waals surface area contributed by atoms with Crippen molar-refractivity contribution in [3.63, 3.8) is 0 Å². The van der Waals surface area contributed by atoms with Crippen molar-refractivity contribution >= 4 is 33.3 Å². The summed E-state index contributed by atoms with van der Waals surface area (Å²) in [6, 6.07) is 5.43. The second-order valence-corrected chi connectivity index (χ2v) is 10.4.